The van der Waals surface area contributed by atoms with Gasteiger partial charge in [-0.1, -0.05) is 0 Å². The van der Waals surface area contributed by atoms with E-state index >= 15 is 0 Å². The molecule has 0 N–H and O–H groups in total. The molecule has 0 saturated heterocycles. The molecule has 0 fully saturated rings. The first kappa shape index (κ1) is 15.8. The minimum absolute atomic E-state index is 0. The zero-order valence-electron chi connectivity index (χ0n) is 5.56. The molecule has 7 heavy (non-hydrogen) atoms. The minimum Gasteiger partial charge on any atom is -0.115 e. The number of hydrogen-bond acceptors (Lipinski definition) is 0. The third-order valence-electron chi connectivity index (χ3n) is 0. The van der Waals surface area contributed by atoms with Crippen LogP contribution in [0.4, 0.5) is 0 Å². The van der Waals surface area contributed by atoms with E-state index in [0.717, 1.165) is 30.4 Å². The van der Waals surface area contributed by atoms with Crippen molar-refractivity contribution in [2.45, 2.75) is 23.1 Å². The molecule has 0 unspecified atom stereocenters. The first-order valence-electron chi connectivity index (χ1n) is 2.31. The first-order chi connectivity index (χ1) is 2.83. The molecule has 0 aromatic heterocycles. The number of hydrogen-bond donors (Lipinski definition) is 0. The summed E-state index contributed by atoms with van der Waals surface area (Å²) in [5, 5.41) is 0. The summed E-state index contributed by atoms with van der Waals surface area (Å²) in [6.07, 6.45) is 0. The molecule has 40 valence electrons. The van der Waals surface area contributed by atoms with Crippen molar-refractivity contribution in [2.24, 2.45) is 0 Å². The summed E-state index contributed by atoms with van der Waals surface area (Å²) < 4.78 is 0. The molecule has 0 spiro atoms. The molecule has 0 heterocycles. The molecule has 0 nitrogen and oxygen atoms in total. The average molecular weight is 193 g/mol. The summed E-state index contributed by atoms with van der Waals surface area (Å²) in [5.41, 5.74) is 0. The molecule has 0 aromatic carbocycles. The smallest absolute Gasteiger partial charge is 0.115 e. The zero-order valence-corrected chi connectivity index (χ0v) is 9.59. The Balaban J connectivity index is -0.0000000400. The largest absolute Gasteiger partial charge is 0.191 e. The van der Waals surface area contributed by atoms with Crippen LogP contribution in [-0.2, 0) is 0 Å². The Morgan fingerprint density at radius 1 is 0.714 bits per heavy atom. The van der Waals surface area contributed by atoms with Crippen LogP contribution < -0.4 is 0 Å². The Labute approximate surface area is 70.3 Å². The normalized spacial score (nSPS) is 4.00. The van der Waals surface area contributed by atoms with Crippen molar-refractivity contribution in [3.63, 3.8) is 0 Å². The molecular weight excluding hydrogens is 181 g/mol. The predicted molar refractivity (Wildman–Crippen MR) is 40.7 cm³/mol. The second-order valence-electron chi connectivity index (χ2n) is 1.15. The fourth-order valence-corrected chi connectivity index (χ4v) is 0. The summed E-state index contributed by atoms with van der Waals surface area (Å²) in [7, 11) is 0. The Hall–Kier alpha value is 1.58. The molecule has 0 saturated carbocycles. The van der Waals surface area contributed by atoms with Gasteiger partial charge in [0.25, 0.3) is 0 Å². The summed E-state index contributed by atoms with van der Waals surface area (Å²) in [6, 6.07) is 0. The Bertz CT molecular complexity index is 11.7. The van der Waals surface area contributed by atoms with E-state index in [-0.39, 0.29) is 17.1 Å². The maximum atomic E-state index is 2.21. The van der Waals surface area contributed by atoms with Gasteiger partial charge in [0.1, 0.15) is 0 Å². The topological polar surface area (TPSA) is 0 Å². The van der Waals surface area contributed by atoms with Crippen LogP contribution in [-0.4, -0.2) is 47.5 Å². The van der Waals surface area contributed by atoms with Crippen molar-refractivity contribution in [1.29, 1.82) is 0 Å². The summed E-state index contributed by atoms with van der Waals surface area (Å²) in [4.78, 5) is 0. The monoisotopic (exact) mass is 194 g/mol. The van der Waals surface area contributed by atoms with Crippen LogP contribution >= 0.6 is 0 Å². The van der Waals surface area contributed by atoms with Crippen molar-refractivity contribution in [3.05, 3.63) is 0 Å². The molecule has 0 aliphatic carbocycles. The van der Waals surface area contributed by atoms with E-state index in [1.54, 1.807) is 0 Å². The summed E-state index contributed by atoms with van der Waals surface area (Å²) in [5.74, 6) is 8.83. The van der Waals surface area contributed by atoms with Crippen LogP contribution in [0.5, 0.6) is 0 Å². The van der Waals surface area contributed by atoms with Gasteiger partial charge in [0.05, 0.1) is 0 Å². The Morgan fingerprint density at radius 2 is 0.714 bits per heavy atom. The second-order valence-corrected chi connectivity index (χ2v) is 3.46. The molecule has 0 rings (SSSR count). The molecule has 4 radical (unpaired) electrons. The van der Waals surface area contributed by atoms with Gasteiger partial charge >= 0.3 is 0 Å². The Kier molecular flexibility index (Phi) is 57.9. The van der Waals surface area contributed by atoms with E-state index in [1.165, 1.54) is 0 Å². The van der Waals surface area contributed by atoms with Crippen LogP contribution in [0.2, 0.25) is 23.1 Å². The predicted octanol–water partition coefficient (Wildman–Crippen LogP) is 1.19. The van der Waals surface area contributed by atoms with Gasteiger partial charge in [0, 0.05) is 17.1 Å². The van der Waals surface area contributed by atoms with Crippen molar-refractivity contribution < 1.29 is 0 Å². The SMILES string of the molecule is [CH3][Al][CH3].[CH3][Al][CH3].[Se]. The van der Waals surface area contributed by atoms with Gasteiger partial charge in [0.2, 0.25) is 0 Å². The van der Waals surface area contributed by atoms with E-state index in [4.69, 9.17) is 0 Å². The van der Waals surface area contributed by atoms with Crippen LogP contribution in [0, 0.1) is 0 Å². The van der Waals surface area contributed by atoms with Crippen molar-refractivity contribution in [2.75, 3.05) is 0 Å². The van der Waals surface area contributed by atoms with E-state index in [1.807, 2.05) is 0 Å². The Morgan fingerprint density at radius 3 is 0.714 bits per heavy atom. The maximum absolute atomic E-state index is 2.21. The molecule has 0 bridgehead atoms. The van der Waals surface area contributed by atoms with Crippen molar-refractivity contribution >= 4 is 47.5 Å². The van der Waals surface area contributed by atoms with Crippen molar-refractivity contribution in [1.82, 2.24) is 0 Å². The summed E-state index contributed by atoms with van der Waals surface area (Å²) in [6.45, 7) is 0. The van der Waals surface area contributed by atoms with Crippen LogP contribution in [0.15, 0.2) is 0 Å². The standard InChI is InChI=1S/4CH3.2Al.Se/h4*1H3;;;. The third kappa shape index (κ3) is 94.2. The van der Waals surface area contributed by atoms with E-state index < -0.39 is 0 Å². The fraction of sp³-hybridized carbons (Fsp3) is 1.00. The fourth-order valence-electron chi connectivity index (χ4n) is 0. The molecular formula is C4H12Al2Se. The van der Waals surface area contributed by atoms with E-state index in [0.29, 0.717) is 0 Å². The quantitative estimate of drug-likeness (QED) is 0.507. The van der Waals surface area contributed by atoms with Crippen LogP contribution in [0.25, 0.3) is 0 Å². The van der Waals surface area contributed by atoms with Gasteiger partial charge < -0.3 is 0 Å². The summed E-state index contributed by atoms with van der Waals surface area (Å²) >= 11 is 1.50. The van der Waals surface area contributed by atoms with Crippen LogP contribution in [0.3, 0.4) is 0 Å². The molecule has 0 atom stereocenters. The third-order valence-corrected chi connectivity index (χ3v) is 0. The van der Waals surface area contributed by atoms with E-state index in [9.17, 15) is 0 Å². The van der Waals surface area contributed by atoms with Gasteiger partial charge in [-0.2, -0.15) is 0 Å². The average Bonchev–Trinajstić information content (AvgIpc) is 1.39. The number of rotatable bonds is 0. The van der Waals surface area contributed by atoms with Gasteiger partial charge in [0.15, 0.2) is 30.4 Å². The van der Waals surface area contributed by atoms with Gasteiger partial charge in [-0.25, -0.2) is 0 Å². The minimum atomic E-state index is 0. The van der Waals surface area contributed by atoms with Gasteiger partial charge in [-0.3, -0.25) is 0 Å². The first-order valence-corrected chi connectivity index (χ1v) is 6.93. The molecule has 0 amide bonds. The van der Waals surface area contributed by atoms with Gasteiger partial charge in [-0.05, 0) is 0 Å². The van der Waals surface area contributed by atoms with Crippen LogP contribution in [0.1, 0.15) is 0 Å². The maximum Gasteiger partial charge on any atom is 0.191 e. The molecule has 0 aliphatic heterocycles. The molecule has 3 heteroatoms. The van der Waals surface area contributed by atoms with Crippen molar-refractivity contribution in [3.8, 4) is 0 Å². The second kappa shape index (κ2) is 25.6. The van der Waals surface area contributed by atoms with E-state index in [2.05, 4.69) is 23.1 Å². The molecule has 0 aliphatic rings. The van der Waals surface area contributed by atoms with Gasteiger partial charge in [-0.15, -0.1) is 23.1 Å². The molecule has 0 aromatic rings. The zero-order chi connectivity index (χ0) is 5.41.